The van der Waals surface area contributed by atoms with Gasteiger partial charge in [0.1, 0.15) is 12.2 Å². The molecule has 2 aliphatic heterocycles. The first-order valence-corrected chi connectivity index (χ1v) is 7.74. The molecular formula is C16H20N4O3. The van der Waals surface area contributed by atoms with Crippen molar-refractivity contribution in [2.45, 2.75) is 25.1 Å². The third-order valence-electron chi connectivity index (χ3n) is 4.59. The fraction of sp³-hybridized carbons (Fsp3) is 0.500. The average molecular weight is 316 g/mol. The van der Waals surface area contributed by atoms with Crippen molar-refractivity contribution in [2.75, 3.05) is 20.4 Å². The first kappa shape index (κ1) is 14.5. The average Bonchev–Trinajstić information content (AvgIpc) is 3.26. The fourth-order valence-electron chi connectivity index (χ4n) is 3.40. The van der Waals surface area contributed by atoms with Gasteiger partial charge in [0.2, 0.25) is 6.79 Å². The van der Waals surface area contributed by atoms with Crippen molar-refractivity contribution in [3.63, 3.8) is 0 Å². The van der Waals surface area contributed by atoms with Crippen LogP contribution in [0.25, 0.3) is 0 Å². The number of aryl methyl sites for hydroxylation is 1. The third kappa shape index (κ3) is 2.55. The second kappa shape index (κ2) is 5.82. The van der Waals surface area contributed by atoms with E-state index in [-0.39, 0.29) is 12.1 Å². The minimum absolute atomic E-state index is 0.186. The number of methoxy groups -OCH3 is 1. The van der Waals surface area contributed by atoms with Crippen LogP contribution >= 0.6 is 0 Å². The lowest BCUT2D eigenvalue weighted by Crippen LogP contribution is -2.26. The number of benzene rings is 1. The largest absolute Gasteiger partial charge is 0.454 e. The molecule has 0 saturated carbocycles. The maximum atomic E-state index is 5.63. The minimum Gasteiger partial charge on any atom is -0.454 e. The van der Waals surface area contributed by atoms with Gasteiger partial charge in [-0.2, -0.15) is 0 Å². The maximum absolute atomic E-state index is 5.63. The van der Waals surface area contributed by atoms with E-state index in [1.54, 1.807) is 13.4 Å². The van der Waals surface area contributed by atoms with Crippen LogP contribution in [0.1, 0.15) is 23.9 Å². The first-order valence-electron chi connectivity index (χ1n) is 7.74. The summed E-state index contributed by atoms with van der Waals surface area (Å²) in [6.45, 7) is 1.92. The summed E-state index contributed by atoms with van der Waals surface area (Å²) in [6, 6.07) is 6.21. The van der Waals surface area contributed by atoms with Crippen molar-refractivity contribution < 1.29 is 14.2 Å². The molecule has 0 radical (unpaired) electrons. The molecule has 122 valence electrons. The van der Waals surface area contributed by atoms with Gasteiger partial charge < -0.3 is 18.8 Å². The molecule has 0 unspecified atom stereocenters. The van der Waals surface area contributed by atoms with Crippen LogP contribution in [0.3, 0.4) is 0 Å². The Morgan fingerprint density at radius 1 is 1.35 bits per heavy atom. The monoisotopic (exact) mass is 316 g/mol. The van der Waals surface area contributed by atoms with Crippen LogP contribution in [0.2, 0.25) is 0 Å². The number of nitrogens with zero attached hydrogens (tertiary/aromatic N) is 4. The van der Waals surface area contributed by atoms with Gasteiger partial charge in [0, 0.05) is 32.8 Å². The highest BCUT2D eigenvalue weighted by molar-refractivity contribution is 5.48. The first-order chi connectivity index (χ1) is 11.3. The molecule has 0 N–H and O–H groups in total. The van der Waals surface area contributed by atoms with Crippen LogP contribution in [0.5, 0.6) is 11.5 Å². The standard InChI is InChI=1S/C16H20N4O3/c1-19-9-17-18-16(19)13-6-12(21-2)8-20(13)7-11-4-3-5-14-15(11)23-10-22-14/h3-5,9,12-13H,6-8,10H2,1-2H3/t12-,13+/m1/s1. The Labute approximate surface area is 134 Å². The normalized spacial score (nSPS) is 23.6. The van der Waals surface area contributed by atoms with Crippen LogP contribution in [-0.2, 0) is 18.3 Å². The maximum Gasteiger partial charge on any atom is 0.231 e. The molecule has 0 aliphatic carbocycles. The van der Waals surface area contributed by atoms with Gasteiger partial charge in [0.05, 0.1) is 12.1 Å². The van der Waals surface area contributed by atoms with E-state index in [2.05, 4.69) is 21.2 Å². The number of para-hydroxylation sites is 1. The van der Waals surface area contributed by atoms with E-state index in [0.717, 1.165) is 42.4 Å². The summed E-state index contributed by atoms with van der Waals surface area (Å²) >= 11 is 0. The second-order valence-corrected chi connectivity index (χ2v) is 5.99. The van der Waals surface area contributed by atoms with E-state index in [9.17, 15) is 0 Å². The Balaban J connectivity index is 1.61. The molecule has 0 bridgehead atoms. The zero-order valence-electron chi connectivity index (χ0n) is 13.3. The number of rotatable bonds is 4. The Kier molecular flexibility index (Phi) is 3.66. The molecule has 1 aromatic carbocycles. The summed E-state index contributed by atoms with van der Waals surface area (Å²) in [5.41, 5.74) is 1.13. The van der Waals surface area contributed by atoms with Crippen LogP contribution < -0.4 is 9.47 Å². The van der Waals surface area contributed by atoms with Gasteiger partial charge in [-0.25, -0.2) is 0 Å². The molecule has 4 rings (SSSR count). The summed E-state index contributed by atoms with van der Waals surface area (Å²) < 4.78 is 18.7. The van der Waals surface area contributed by atoms with Crippen LogP contribution in [0.4, 0.5) is 0 Å². The highest BCUT2D eigenvalue weighted by Gasteiger charge is 2.36. The van der Waals surface area contributed by atoms with Crippen molar-refractivity contribution in [3.05, 3.63) is 35.9 Å². The lowest BCUT2D eigenvalue weighted by molar-refractivity contribution is 0.107. The lowest BCUT2D eigenvalue weighted by Gasteiger charge is -2.23. The fourth-order valence-corrected chi connectivity index (χ4v) is 3.40. The predicted molar refractivity (Wildman–Crippen MR) is 82.1 cm³/mol. The molecule has 23 heavy (non-hydrogen) atoms. The van der Waals surface area contributed by atoms with E-state index in [1.807, 2.05) is 23.7 Å². The Morgan fingerprint density at radius 3 is 3.04 bits per heavy atom. The van der Waals surface area contributed by atoms with Gasteiger partial charge in [-0.3, -0.25) is 4.90 Å². The molecule has 0 amide bonds. The SMILES string of the molecule is CO[C@@H]1C[C@@H](c2nncn2C)N(Cc2cccc3c2OCO3)C1. The molecule has 2 aliphatic rings. The number of fused-ring (bicyclic) bond motifs is 1. The zero-order valence-corrected chi connectivity index (χ0v) is 13.3. The molecule has 1 fully saturated rings. The van der Waals surface area contributed by atoms with Gasteiger partial charge in [0.15, 0.2) is 11.5 Å². The van der Waals surface area contributed by atoms with E-state index in [4.69, 9.17) is 14.2 Å². The predicted octanol–water partition coefficient (Wildman–Crippen LogP) is 1.51. The molecule has 0 spiro atoms. The van der Waals surface area contributed by atoms with E-state index < -0.39 is 0 Å². The molecule has 2 aromatic rings. The van der Waals surface area contributed by atoms with Gasteiger partial charge in [-0.05, 0) is 12.5 Å². The Bertz CT molecular complexity index is 702. The minimum atomic E-state index is 0.186. The molecule has 7 heteroatoms. The Morgan fingerprint density at radius 2 is 2.26 bits per heavy atom. The molecule has 3 heterocycles. The summed E-state index contributed by atoms with van der Waals surface area (Å²) in [5, 5.41) is 8.31. The summed E-state index contributed by atoms with van der Waals surface area (Å²) in [7, 11) is 3.74. The topological polar surface area (TPSA) is 61.6 Å². The van der Waals surface area contributed by atoms with Crippen molar-refractivity contribution in [1.29, 1.82) is 0 Å². The van der Waals surface area contributed by atoms with Crippen molar-refractivity contribution in [1.82, 2.24) is 19.7 Å². The molecule has 1 aromatic heterocycles. The number of aromatic nitrogens is 3. The molecular weight excluding hydrogens is 296 g/mol. The smallest absolute Gasteiger partial charge is 0.231 e. The second-order valence-electron chi connectivity index (χ2n) is 5.99. The van der Waals surface area contributed by atoms with Crippen LogP contribution in [-0.4, -0.2) is 46.2 Å². The van der Waals surface area contributed by atoms with Gasteiger partial charge in [0.25, 0.3) is 0 Å². The number of ether oxygens (including phenoxy) is 3. The van der Waals surface area contributed by atoms with Gasteiger partial charge in [-0.15, -0.1) is 10.2 Å². The van der Waals surface area contributed by atoms with E-state index in [1.165, 1.54) is 0 Å². The van der Waals surface area contributed by atoms with Crippen molar-refractivity contribution in [2.24, 2.45) is 7.05 Å². The van der Waals surface area contributed by atoms with Crippen molar-refractivity contribution in [3.8, 4) is 11.5 Å². The van der Waals surface area contributed by atoms with Crippen LogP contribution in [0, 0.1) is 0 Å². The quantitative estimate of drug-likeness (QED) is 0.852. The number of hydrogen-bond donors (Lipinski definition) is 0. The summed E-state index contributed by atoms with van der Waals surface area (Å²) in [6.07, 6.45) is 2.85. The van der Waals surface area contributed by atoms with E-state index >= 15 is 0 Å². The van der Waals surface area contributed by atoms with Gasteiger partial charge >= 0.3 is 0 Å². The van der Waals surface area contributed by atoms with Crippen molar-refractivity contribution >= 4 is 0 Å². The van der Waals surface area contributed by atoms with E-state index in [0.29, 0.717) is 6.79 Å². The number of hydrogen-bond acceptors (Lipinski definition) is 6. The molecule has 2 atom stereocenters. The third-order valence-corrected chi connectivity index (χ3v) is 4.59. The number of likely N-dealkylation sites (tertiary alicyclic amines) is 1. The highest BCUT2D eigenvalue weighted by atomic mass is 16.7. The molecule has 1 saturated heterocycles. The Hall–Kier alpha value is -2.12. The molecule has 7 nitrogen and oxygen atoms in total. The summed E-state index contributed by atoms with van der Waals surface area (Å²) in [4.78, 5) is 2.37. The zero-order chi connectivity index (χ0) is 15.8. The van der Waals surface area contributed by atoms with Crippen LogP contribution in [0.15, 0.2) is 24.5 Å². The lowest BCUT2D eigenvalue weighted by atomic mass is 10.1. The summed E-state index contributed by atoms with van der Waals surface area (Å²) in [5.74, 6) is 2.64. The van der Waals surface area contributed by atoms with Gasteiger partial charge in [-0.1, -0.05) is 12.1 Å². The highest BCUT2D eigenvalue weighted by Crippen LogP contribution is 2.39.